The van der Waals surface area contributed by atoms with Crippen molar-refractivity contribution < 1.29 is 18.7 Å². The summed E-state index contributed by atoms with van der Waals surface area (Å²) in [6.45, 7) is 1.89. The molecule has 1 aliphatic carbocycles. The molecule has 7 heteroatoms. The van der Waals surface area contributed by atoms with Crippen molar-refractivity contribution in [1.29, 1.82) is 0 Å². The minimum absolute atomic E-state index is 0.121. The van der Waals surface area contributed by atoms with E-state index in [-0.39, 0.29) is 36.8 Å². The molecule has 1 fully saturated rings. The first-order chi connectivity index (χ1) is 17.9. The molecule has 0 aliphatic heterocycles. The van der Waals surface area contributed by atoms with Crippen LogP contribution in [-0.2, 0) is 22.6 Å². The largest absolute Gasteiger partial charge is 0.484 e. The Morgan fingerprint density at radius 3 is 2.41 bits per heavy atom. The van der Waals surface area contributed by atoms with E-state index in [1.165, 1.54) is 12.1 Å². The molecule has 1 atom stereocenters. The summed E-state index contributed by atoms with van der Waals surface area (Å²) in [7, 11) is 0. The lowest BCUT2D eigenvalue weighted by molar-refractivity contribution is -0.143. The van der Waals surface area contributed by atoms with Gasteiger partial charge in [-0.1, -0.05) is 71.2 Å². The van der Waals surface area contributed by atoms with Gasteiger partial charge >= 0.3 is 0 Å². The first kappa shape index (κ1) is 26.9. The van der Waals surface area contributed by atoms with Crippen molar-refractivity contribution in [2.24, 2.45) is 0 Å². The molecule has 4 rings (SSSR count). The maximum absolute atomic E-state index is 13.7. The minimum Gasteiger partial charge on any atom is -0.484 e. The smallest absolute Gasteiger partial charge is 0.261 e. The number of benzene rings is 3. The number of halogens is 2. The topological polar surface area (TPSA) is 58.6 Å². The first-order valence-electron chi connectivity index (χ1n) is 12.7. The Bertz CT molecular complexity index is 1200. The Morgan fingerprint density at radius 2 is 1.73 bits per heavy atom. The molecular formula is C30H32BrFN2O3. The van der Waals surface area contributed by atoms with Crippen LogP contribution in [0.2, 0.25) is 0 Å². The number of carbonyl (C=O) groups excluding carboxylic acids is 2. The Balaban J connectivity index is 1.60. The van der Waals surface area contributed by atoms with E-state index in [4.69, 9.17) is 4.74 Å². The summed E-state index contributed by atoms with van der Waals surface area (Å²) >= 11 is 3.48. The van der Waals surface area contributed by atoms with Crippen LogP contribution in [0.15, 0.2) is 77.3 Å². The number of carbonyl (C=O) groups is 2. The SMILES string of the molecule is Cc1cc(OCC(=O)N(Cc2ccc(F)cc2)[C@H](Cc2ccccc2)C(=O)NC2CCCC2)ccc1Br. The third-order valence-electron chi connectivity index (χ3n) is 6.73. The van der Waals surface area contributed by atoms with Gasteiger partial charge in [0.05, 0.1) is 0 Å². The molecule has 0 unspecified atom stereocenters. The van der Waals surface area contributed by atoms with Crippen molar-refractivity contribution in [3.63, 3.8) is 0 Å². The number of nitrogens with zero attached hydrogens (tertiary/aromatic N) is 1. The summed E-state index contributed by atoms with van der Waals surface area (Å²) in [4.78, 5) is 28.9. The lowest BCUT2D eigenvalue weighted by Crippen LogP contribution is -2.53. The molecule has 3 aromatic rings. The van der Waals surface area contributed by atoms with Gasteiger partial charge in [0.15, 0.2) is 6.61 Å². The molecule has 1 aliphatic rings. The Labute approximate surface area is 226 Å². The highest BCUT2D eigenvalue weighted by Gasteiger charge is 2.32. The molecule has 0 spiro atoms. The second-order valence-corrected chi connectivity index (χ2v) is 10.4. The fraction of sp³-hybridized carbons (Fsp3) is 0.333. The first-order valence-corrected chi connectivity index (χ1v) is 13.5. The molecule has 0 aromatic heterocycles. The summed E-state index contributed by atoms with van der Waals surface area (Å²) in [5.74, 6) is -0.265. The lowest BCUT2D eigenvalue weighted by atomic mass is 10.0. The van der Waals surface area contributed by atoms with Crippen LogP contribution in [0.3, 0.4) is 0 Å². The van der Waals surface area contributed by atoms with Crippen LogP contribution in [0.25, 0.3) is 0 Å². The van der Waals surface area contributed by atoms with Crippen LogP contribution in [-0.4, -0.2) is 35.4 Å². The Morgan fingerprint density at radius 1 is 1.03 bits per heavy atom. The zero-order valence-electron chi connectivity index (χ0n) is 21.0. The van der Waals surface area contributed by atoms with Gasteiger partial charge in [0.1, 0.15) is 17.6 Å². The van der Waals surface area contributed by atoms with Gasteiger partial charge in [-0.15, -0.1) is 0 Å². The predicted octanol–water partition coefficient (Wildman–Crippen LogP) is 5.97. The van der Waals surface area contributed by atoms with Crippen molar-refractivity contribution in [3.8, 4) is 5.75 Å². The summed E-state index contributed by atoms with van der Waals surface area (Å²) in [6, 6.07) is 20.6. The van der Waals surface area contributed by atoms with Crippen LogP contribution in [0.5, 0.6) is 5.75 Å². The summed E-state index contributed by atoms with van der Waals surface area (Å²) in [5, 5.41) is 3.18. The van der Waals surface area contributed by atoms with Crippen molar-refractivity contribution in [1.82, 2.24) is 10.2 Å². The van der Waals surface area contributed by atoms with E-state index < -0.39 is 6.04 Å². The summed E-state index contributed by atoms with van der Waals surface area (Å²) in [5.41, 5.74) is 2.68. The van der Waals surface area contributed by atoms with E-state index >= 15 is 0 Å². The third-order valence-corrected chi connectivity index (χ3v) is 7.62. The highest BCUT2D eigenvalue weighted by atomic mass is 79.9. The van der Waals surface area contributed by atoms with Crippen molar-refractivity contribution in [2.75, 3.05) is 6.61 Å². The molecule has 0 bridgehead atoms. The zero-order valence-corrected chi connectivity index (χ0v) is 22.5. The molecule has 1 saturated carbocycles. The molecule has 5 nitrogen and oxygen atoms in total. The fourth-order valence-electron chi connectivity index (χ4n) is 4.64. The number of nitrogens with one attached hydrogen (secondary N) is 1. The highest BCUT2D eigenvalue weighted by molar-refractivity contribution is 9.10. The minimum atomic E-state index is -0.740. The normalized spacial score (nSPS) is 14.2. The monoisotopic (exact) mass is 566 g/mol. The van der Waals surface area contributed by atoms with E-state index in [1.54, 1.807) is 23.1 Å². The van der Waals surface area contributed by atoms with Crippen molar-refractivity contribution in [2.45, 2.75) is 57.7 Å². The van der Waals surface area contributed by atoms with Crippen LogP contribution in [0.1, 0.15) is 42.4 Å². The van der Waals surface area contributed by atoms with E-state index in [2.05, 4.69) is 21.2 Å². The van der Waals surface area contributed by atoms with Gasteiger partial charge in [0, 0.05) is 23.5 Å². The number of ether oxygens (including phenoxy) is 1. The highest BCUT2D eigenvalue weighted by Crippen LogP contribution is 2.23. The zero-order chi connectivity index (χ0) is 26.2. The molecular weight excluding hydrogens is 535 g/mol. The van der Waals surface area contributed by atoms with E-state index in [0.717, 1.165) is 46.8 Å². The summed E-state index contributed by atoms with van der Waals surface area (Å²) in [6.07, 6.45) is 4.44. The van der Waals surface area contributed by atoms with Crippen molar-refractivity contribution >= 4 is 27.7 Å². The van der Waals surface area contributed by atoms with Crippen LogP contribution < -0.4 is 10.1 Å². The third kappa shape index (κ3) is 7.65. The molecule has 0 saturated heterocycles. The molecule has 0 heterocycles. The van der Waals surface area contributed by atoms with E-state index in [0.29, 0.717) is 12.2 Å². The Hall–Kier alpha value is -3.19. The van der Waals surface area contributed by atoms with E-state index in [9.17, 15) is 14.0 Å². The van der Waals surface area contributed by atoms with Gasteiger partial charge in [0.2, 0.25) is 5.91 Å². The van der Waals surface area contributed by atoms with Crippen LogP contribution >= 0.6 is 15.9 Å². The number of hydrogen-bond donors (Lipinski definition) is 1. The predicted molar refractivity (Wildman–Crippen MR) is 146 cm³/mol. The second-order valence-electron chi connectivity index (χ2n) is 9.54. The van der Waals surface area contributed by atoms with Crippen LogP contribution in [0.4, 0.5) is 4.39 Å². The van der Waals surface area contributed by atoms with Gasteiger partial charge in [-0.2, -0.15) is 0 Å². The van der Waals surface area contributed by atoms with Gasteiger partial charge in [-0.3, -0.25) is 9.59 Å². The van der Waals surface area contributed by atoms with E-state index in [1.807, 2.05) is 49.4 Å². The maximum atomic E-state index is 13.7. The number of aryl methyl sites for hydroxylation is 1. The molecule has 0 radical (unpaired) electrons. The van der Waals surface area contributed by atoms with Gasteiger partial charge in [-0.25, -0.2) is 4.39 Å². The molecule has 1 N–H and O–H groups in total. The summed E-state index contributed by atoms with van der Waals surface area (Å²) < 4.78 is 20.4. The van der Waals surface area contributed by atoms with Gasteiger partial charge in [0.25, 0.3) is 5.91 Å². The lowest BCUT2D eigenvalue weighted by Gasteiger charge is -2.32. The van der Waals surface area contributed by atoms with Gasteiger partial charge in [-0.05, 0) is 66.8 Å². The molecule has 3 aromatic carbocycles. The second kappa shape index (κ2) is 12.9. The average Bonchev–Trinajstić information content (AvgIpc) is 3.41. The maximum Gasteiger partial charge on any atom is 0.261 e. The molecule has 2 amide bonds. The standard InChI is InChI=1S/C30H32BrFN2O3/c1-21-17-26(15-16-27(21)31)37-20-29(35)34(19-23-11-13-24(32)14-12-23)28(18-22-7-3-2-4-8-22)30(36)33-25-9-5-6-10-25/h2-4,7-8,11-17,25,28H,5-6,9-10,18-20H2,1H3,(H,33,36)/t28-/m1/s1. The average molecular weight is 567 g/mol. The van der Waals surface area contributed by atoms with Crippen molar-refractivity contribution in [3.05, 3.63) is 99.8 Å². The van der Waals surface area contributed by atoms with Gasteiger partial charge < -0.3 is 15.0 Å². The Kier molecular flexibility index (Phi) is 9.34. The quantitative estimate of drug-likeness (QED) is 0.328. The van der Waals surface area contributed by atoms with Crippen LogP contribution in [0, 0.1) is 12.7 Å². The molecule has 194 valence electrons. The number of rotatable bonds is 10. The fourth-order valence-corrected chi connectivity index (χ4v) is 4.89. The molecule has 37 heavy (non-hydrogen) atoms. The number of amides is 2. The number of hydrogen-bond acceptors (Lipinski definition) is 3.